The van der Waals surface area contributed by atoms with Crippen LogP contribution >= 0.6 is 0 Å². The molecule has 0 radical (unpaired) electrons. The Labute approximate surface area is 135 Å². The Balaban J connectivity index is 1.49. The molecule has 1 aliphatic heterocycles. The second-order valence-corrected chi connectivity index (χ2v) is 6.40. The largest absolute Gasteiger partial charge is 0.448 e. The van der Waals surface area contributed by atoms with Crippen LogP contribution in [0.25, 0.3) is 0 Å². The lowest BCUT2D eigenvalue weighted by Crippen LogP contribution is -2.62. The second kappa shape index (κ2) is 5.81. The monoisotopic (exact) mass is 312 g/mol. The molecule has 4 rings (SSSR count). The number of carbonyl (C=O) groups is 1. The summed E-state index contributed by atoms with van der Waals surface area (Å²) >= 11 is 0. The molecule has 5 heteroatoms. The summed E-state index contributed by atoms with van der Waals surface area (Å²) in [4.78, 5) is 16.5. The third-order valence-electron chi connectivity index (χ3n) is 5.10. The second-order valence-electron chi connectivity index (χ2n) is 6.40. The van der Waals surface area contributed by atoms with Gasteiger partial charge in [-0.3, -0.25) is 4.79 Å². The number of nitrogens with one attached hydrogen (secondary N) is 1. The molecule has 1 aliphatic carbocycles. The Morgan fingerprint density at radius 3 is 2.91 bits per heavy atom. The number of hydrogen-bond donors (Lipinski definition) is 1. The van der Waals surface area contributed by atoms with Gasteiger partial charge < -0.3 is 14.5 Å². The molecule has 1 aromatic heterocycles. The van der Waals surface area contributed by atoms with Crippen LogP contribution < -0.4 is 5.32 Å². The number of benzene rings is 1. The summed E-state index contributed by atoms with van der Waals surface area (Å²) in [5, 5.41) is 3.16. The van der Waals surface area contributed by atoms with Gasteiger partial charge >= 0.3 is 0 Å². The van der Waals surface area contributed by atoms with Gasteiger partial charge in [0.05, 0.1) is 6.10 Å². The molecule has 5 nitrogen and oxygen atoms in total. The van der Waals surface area contributed by atoms with Crippen molar-refractivity contribution in [1.29, 1.82) is 0 Å². The Morgan fingerprint density at radius 1 is 1.35 bits per heavy atom. The predicted molar refractivity (Wildman–Crippen MR) is 84.0 cm³/mol. The zero-order chi connectivity index (χ0) is 15.8. The van der Waals surface area contributed by atoms with E-state index in [9.17, 15) is 4.79 Å². The number of oxazole rings is 1. The fourth-order valence-corrected chi connectivity index (χ4v) is 3.92. The van der Waals surface area contributed by atoms with E-state index < -0.39 is 0 Å². The molecule has 2 heterocycles. The number of fused-ring (bicyclic) bond motifs is 1. The molecule has 0 unspecified atom stereocenters. The van der Waals surface area contributed by atoms with Gasteiger partial charge in [0.2, 0.25) is 0 Å². The van der Waals surface area contributed by atoms with Crippen molar-refractivity contribution in [3.63, 3.8) is 0 Å². The van der Waals surface area contributed by atoms with E-state index in [1.807, 2.05) is 18.2 Å². The minimum atomic E-state index is -0.148. The molecular formula is C18H20N2O3. The standard InChI is InChI=1S/C18H20N2O3/c1-11-15(19-10-23-11)18(21)20-16-13-7-8-22-17(13)14(16)9-12-5-3-2-4-6-12/h2-6,10,13-14,16-17H,7-9H2,1H3,(H,20,21)/t13-,14+,16-,17-/m0/s1. The van der Waals surface area contributed by atoms with E-state index in [4.69, 9.17) is 9.15 Å². The Morgan fingerprint density at radius 2 is 2.17 bits per heavy atom. The SMILES string of the molecule is Cc1ocnc1C(=O)N[C@@H]1[C@@H](Cc2ccccc2)[C@H]2OCC[C@@H]12. The Hall–Kier alpha value is -2.14. The normalized spacial score (nSPS) is 28.9. The first-order valence-electron chi connectivity index (χ1n) is 8.10. The summed E-state index contributed by atoms with van der Waals surface area (Å²) in [7, 11) is 0. The van der Waals surface area contributed by atoms with E-state index in [-0.39, 0.29) is 18.1 Å². The van der Waals surface area contributed by atoms with Gasteiger partial charge in [-0.2, -0.15) is 0 Å². The lowest BCUT2D eigenvalue weighted by Gasteiger charge is -2.48. The predicted octanol–water partition coefficient (Wildman–Crippen LogP) is 2.36. The van der Waals surface area contributed by atoms with E-state index in [1.54, 1.807) is 6.92 Å². The number of amides is 1. The van der Waals surface area contributed by atoms with E-state index in [2.05, 4.69) is 22.4 Å². The number of nitrogens with zero attached hydrogens (tertiary/aromatic N) is 1. The number of ether oxygens (including phenoxy) is 1. The zero-order valence-electron chi connectivity index (χ0n) is 13.1. The topological polar surface area (TPSA) is 64.4 Å². The third kappa shape index (κ3) is 2.55. The van der Waals surface area contributed by atoms with Gasteiger partial charge in [0.25, 0.3) is 5.91 Å². The number of carbonyl (C=O) groups excluding carboxylic acids is 1. The molecule has 23 heavy (non-hydrogen) atoms. The summed E-state index contributed by atoms with van der Waals surface area (Å²) in [5.41, 5.74) is 1.66. The van der Waals surface area contributed by atoms with Crippen molar-refractivity contribution in [1.82, 2.24) is 10.3 Å². The van der Waals surface area contributed by atoms with Crippen LogP contribution in [0.15, 0.2) is 41.1 Å². The van der Waals surface area contributed by atoms with Crippen molar-refractivity contribution in [3.8, 4) is 0 Å². The molecule has 1 aromatic carbocycles. The van der Waals surface area contributed by atoms with Crippen LogP contribution in [0, 0.1) is 18.8 Å². The lowest BCUT2D eigenvalue weighted by atomic mass is 9.64. The Kier molecular flexibility index (Phi) is 3.65. The van der Waals surface area contributed by atoms with Crippen LogP contribution in [0.5, 0.6) is 0 Å². The highest BCUT2D eigenvalue weighted by atomic mass is 16.5. The summed E-state index contributed by atoms with van der Waals surface area (Å²) < 4.78 is 11.0. The molecule has 2 fully saturated rings. The van der Waals surface area contributed by atoms with Crippen molar-refractivity contribution < 1.29 is 13.9 Å². The number of aryl methyl sites for hydroxylation is 1. The van der Waals surface area contributed by atoms with E-state index in [0.717, 1.165) is 19.4 Å². The highest BCUT2D eigenvalue weighted by Crippen LogP contribution is 2.45. The maximum absolute atomic E-state index is 12.4. The minimum Gasteiger partial charge on any atom is -0.448 e. The van der Waals surface area contributed by atoms with Crippen LogP contribution in [0.3, 0.4) is 0 Å². The summed E-state index contributed by atoms with van der Waals surface area (Å²) in [5.74, 6) is 1.14. The van der Waals surface area contributed by atoms with Crippen molar-refractivity contribution in [3.05, 3.63) is 53.7 Å². The molecule has 1 amide bonds. The average Bonchev–Trinajstić information content (AvgIpc) is 3.18. The Bertz CT molecular complexity index is 697. The van der Waals surface area contributed by atoms with Crippen LogP contribution in [-0.2, 0) is 11.2 Å². The molecule has 0 bridgehead atoms. The number of rotatable bonds is 4. The van der Waals surface area contributed by atoms with Crippen LogP contribution in [0.2, 0.25) is 0 Å². The molecule has 1 saturated heterocycles. The van der Waals surface area contributed by atoms with Crippen molar-refractivity contribution >= 4 is 5.91 Å². The smallest absolute Gasteiger partial charge is 0.273 e. The maximum atomic E-state index is 12.4. The molecule has 4 atom stereocenters. The van der Waals surface area contributed by atoms with Gasteiger partial charge in [-0.1, -0.05) is 30.3 Å². The van der Waals surface area contributed by atoms with Crippen molar-refractivity contribution in [2.75, 3.05) is 6.61 Å². The molecule has 120 valence electrons. The molecule has 1 saturated carbocycles. The molecule has 2 aromatic rings. The first-order chi connectivity index (χ1) is 11.2. The van der Waals surface area contributed by atoms with E-state index in [0.29, 0.717) is 23.3 Å². The van der Waals surface area contributed by atoms with Crippen LogP contribution in [0.1, 0.15) is 28.2 Å². The van der Waals surface area contributed by atoms with Crippen molar-refractivity contribution in [2.45, 2.75) is 31.9 Å². The van der Waals surface area contributed by atoms with Gasteiger partial charge in [-0.05, 0) is 25.3 Å². The van der Waals surface area contributed by atoms with Gasteiger partial charge in [0, 0.05) is 24.5 Å². The average molecular weight is 312 g/mol. The summed E-state index contributed by atoms with van der Waals surface area (Å²) in [6.45, 7) is 2.54. The zero-order valence-corrected chi connectivity index (χ0v) is 13.1. The van der Waals surface area contributed by atoms with Gasteiger partial charge in [0.1, 0.15) is 5.76 Å². The van der Waals surface area contributed by atoms with Crippen LogP contribution in [-0.4, -0.2) is 29.6 Å². The fraction of sp³-hybridized carbons (Fsp3) is 0.444. The lowest BCUT2D eigenvalue weighted by molar-refractivity contribution is -0.0528. The van der Waals surface area contributed by atoms with Gasteiger partial charge in [-0.25, -0.2) is 4.98 Å². The molecular weight excluding hydrogens is 292 g/mol. The fourth-order valence-electron chi connectivity index (χ4n) is 3.92. The number of aromatic nitrogens is 1. The minimum absolute atomic E-state index is 0.145. The third-order valence-corrected chi connectivity index (χ3v) is 5.10. The summed E-state index contributed by atoms with van der Waals surface area (Å²) in [6, 6.07) is 10.5. The van der Waals surface area contributed by atoms with Gasteiger partial charge in [-0.15, -0.1) is 0 Å². The molecule has 2 aliphatic rings. The molecule has 0 spiro atoms. The highest BCUT2D eigenvalue weighted by molar-refractivity contribution is 5.93. The first-order valence-corrected chi connectivity index (χ1v) is 8.10. The number of hydrogen-bond acceptors (Lipinski definition) is 4. The van der Waals surface area contributed by atoms with Gasteiger partial charge in [0.15, 0.2) is 12.1 Å². The highest BCUT2D eigenvalue weighted by Gasteiger charge is 2.54. The molecule has 1 N–H and O–H groups in total. The maximum Gasteiger partial charge on any atom is 0.273 e. The quantitative estimate of drug-likeness (QED) is 0.941. The van der Waals surface area contributed by atoms with E-state index >= 15 is 0 Å². The summed E-state index contributed by atoms with van der Waals surface area (Å²) in [6.07, 6.45) is 3.51. The first kappa shape index (κ1) is 14.5. The van der Waals surface area contributed by atoms with Crippen LogP contribution in [0.4, 0.5) is 0 Å². The van der Waals surface area contributed by atoms with E-state index in [1.165, 1.54) is 12.0 Å². The van der Waals surface area contributed by atoms with Crippen molar-refractivity contribution in [2.24, 2.45) is 11.8 Å².